The lowest BCUT2D eigenvalue weighted by atomic mass is 9.91. The van der Waals surface area contributed by atoms with Crippen molar-refractivity contribution >= 4 is 0 Å². The first-order valence-electron chi connectivity index (χ1n) is 6.73. The molecule has 1 heterocycles. The van der Waals surface area contributed by atoms with Gasteiger partial charge in [0.1, 0.15) is 29.1 Å². The molecule has 1 aliphatic heterocycles. The van der Waals surface area contributed by atoms with E-state index in [-0.39, 0.29) is 23.7 Å². The van der Waals surface area contributed by atoms with Crippen molar-refractivity contribution in [3.05, 3.63) is 47.5 Å². The number of hydrogen-bond acceptors (Lipinski definition) is 6. The molecule has 116 valence electrons. The maximum atomic E-state index is 10.7. The van der Waals surface area contributed by atoms with Crippen LogP contribution in [0.3, 0.4) is 0 Å². The highest BCUT2D eigenvalue weighted by atomic mass is 16.6. The quantitative estimate of drug-likeness (QED) is 0.666. The number of rotatable bonds is 2. The van der Waals surface area contributed by atoms with Gasteiger partial charge in [-0.25, -0.2) is 0 Å². The summed E-state index contributed by atoms with van der Waals surface area (Å²) in [6, 6.07) is 8.88. The van der Waals surface area contributed by atoms with Crippen molar-refractivity contribution in [1.82, 2.24) is 0 Å². The average Bonchev–Trinajstić information content (AvgIpc) is 2.49. The van der Waals surface area contributed by atoms with E-state index < -0.39 is 11.9 Å². The average molecular weight is 304 g/mol. The van der Waals surface area contributed by atoms with E-state index >= 15 is 0 Å². The molecule has 4 N–H and O–H groups in total. The standard InChI is InChI=1S/C16H16O6/c1-21-11-4-2-9(3-5-11)16(20)15(19)8-12-13(18)6-10(17)7-14(12)22-16/h2-7,15,17-20H,8H2,1H3. The Hall–Kier alpha value is -2.44. The van der Waals surface area contributed by atoms with Crippen LogP contribution in [0.15, 0.2) is 36.4 Å². The largest absolute Gasteiger partial charge is 0.508 e. The normalized spacial score (nSPS) is 23.5. The number of phenolic OH excluding ortho intramolecular Hbond substituents is 2. The minimum atomic E-state index is -1.97. The van der Waals surface area contributed by atoms with E-state index in [1.807, 2.05) is 0 Å². The van der Waals surface area contributed by atoms with Crippen LogP contribution in [0.25, 0.3) is 0 Å². The third kappa shape index (κ3) is 2.22. The molecule has 0 aromatic heterocycles. The molecular formula is C16H16O6. The van der Waals surface area contributed by atoms with Gasteiger partial charge in [0.05, 0.1) is 7.11 Å². The summed E-state index contributed by atoms with van der Waals surface area (Å²) in [5.41, 5.74) is 0.678. The van der Waals surface area contributed by atoms with Crippen molar-refractivity contribution in [3.63, 3.8) is 0 Å². The van der Waals surface area contributed by atoms with Crippen LogP contribution < -0.4 is 9.47 Å². The summed E-state index contributed by atoms with van der Waals surface area (Å²) < 4.78 is 10.6. The predicted octanol–water partition coefficient (Wildman–Crippen LogP) is 1.25. The van der Waals surface area contributed by atoms with E-state index in [0.29, 0.717) is 16.9 Å². The Morgan fingerprint density at radius 3 is 2.50 bits per heavy atom. The van der Waals surface area contributed by atoms with E-state index in [4.69, 9.17) is 9.47 Å². The smallest absolute Gasteiger partial charge is 0.261 e. The molecule has 0 spiro atoms. The zero-order valence-electron chi connectivity index (χ0n) is 11.9. The van der Waals surface area contributed by atoms with Gasteiger partial charge in [0.25, 0.3) is 5.79 Å². The van der Waals surface area contributed by atoms with Gasteiger partial charge in [-0.3, -0.25) is 0 Å². The van der Waals surface area contributed by atoms with E-state index in [1.165, 1.54) is 13.2 Å². The Bertz CT molecular complexity index is 697. The van der Waals surface area contributed by atoms with Gasteiger partial charge in [-0.1, -0.05) is 0 Å². The van der Waals surface area contributed by atoms with Gasteiger partial charge in [0, 0.05) is 29.7 Å². The van der Waals surface area contributed by atoms with Crippen LogP contribution in [-0.4, -0.2) is 33.6 Å². The molecule has 3 rings (SSSR count). The van der Waals surface area contributed by atoms with Gasteiger partial charge in [0.15, 0.2) is 0 Å². The van der Waals surface area contributed by atoms with Crippen molar-refractivity contribution in [2.45, 2.75) is 18.3 Å². The summed E-state index contributed by atoms with van der Waals surface area (Å²) in [5.74, 6) is -1.62. The first-order chi connectivity index (χ1) is 10.4. The number of phenols is 2. The molecule has 0 aliphatic carbocycles. The summed E-state index contributed by atoms with van der Waals surface area (Å²) in [4.78, 5) is 0. The summed E-state index contributed by atoms with van der Waals surface area (Å²) in [6.07, 6.45) is -1.28. The molecule has 0 radical (unpaired) electrons. The second kappa shape index (κ2) is 5.08. The fourth-order valence-electron chi connectivity index (χ4n) is 2.56. The molecule has 2 atom stereocenters. The Labute approximate surface area is 126 Å². The molecule has 0 bridgehead atoms. The second-order valence-corrected chi connectivity index (χ2v) is 5.19. The zero-order chi connectivity index (χ0) is 15.9. The number of hydrogen-bond donors (Lipinski definition) is 4. The minimum absolute atomic E-state index is 0.00994. The third-order valence-electron chi connectivity index (χ3n) is 3.79. The number of aliphatic hydroxyl groups is 2. The summed E-state index contributed by atoms with van der Waals surface area (Å²) in [6.45, 7) is 0. The van der Waals surface area contributed by atoms with Crippen molar-refractivity contribution in [1.29, 1.82) is 0 Å². The number of aliphatic hydroxyl groups excluding tert-OH is 1. The van der Waals surface area contributed by atoms with E-state index in [2.05, 4.69) is 0 Å². The molecular weight excluding hydrogens is 288 g/mol. The maximum absolute atomic E-state index is 10.7. The van der Waals surface area contributed by atoms with Crippen molar-refractivity contribution < 1.29 is 29.9 Å². The van der Waals surface area contributed by atoms with Gasteiger partial charge >= 0.3 is 0 Å². The number of methoxy groups -OCH3 is 1. The van der Waals surface area contributed by atoms with E-state index in [9.17, 15) is 20.4 Å². The molecule has 2 unspecified atom stereocenters. The molecule has 0 saturated carbocycles. The van der Waals surface area contributed by atoms with Crippen LogP contribution in [0.4, 0.5) is 0 Å². The Morgan fingerprint density at radius 2 is 1.86 bits per heavy atom. The lowest BCUT2D eigenvalue weighted by Crippen LogP contribution is -2.48. The van der Waals surface area contributed by atoms with Gasteiger partial charge in [-0.15, -0.1) is 0 Å². The van der Waals surface area contributed by atoms with E-state index in [1.54, 1.807) is 24.3 Å². The van der Waals surface area contributed by atoms with Gasteiger partial charge in [-0.2, -0.15) is 0 Å². The second-order valence-electron chi connectivity index (χ2n) is 5.19. The Kier molecular flexibility index (Phi) is 3.35. The first kappa shape index (κ1) is 14.5. The summed E-state index contributed by atoms with van der Waals surface area (Å²) in [7, 11) is 1.53. The molecule has 22 heavy (non-hydrogen) atoms. The molecule has 0 saturated heterocycles. The summed E-state index contributed by atoms with van der Waals surface area (Å²) >= 11 is 0. The molecule has 0 fully saturated rings. The molecule has 6 nitrogen and oxygen atoms in total. The first-order valence-corrected chi connectivity index (χ1v) is 6.73. The number of fused-ring (bicyclic) bond motifs is 1. The van der Waals surface area contributed by atoms with Gasteiger partial charge in [0.2, 0.25) is 0 Å². The summed E-state index contributed by atoms with van der Waals surface area (Å²) in [5, 5.41) is 40.4. The lowest BCUT2D eigenvalue weighted by molar-refractivity contribution is -0.222. The van der Waals surface area contributed by atoms with Crippen LogP contribution in [-0.2, 0) is 12.2 Å². The van der Waals surface area contributed by atoms with Crippen LogP contribution in [0.2, 0.25) is 0 Å². The highest BCUT2D eigenvalue weighted by Crippen LogP contribution is 2.43. The predicted molar refractivity (Wildman–Crippen MR) is 77.0 cm³/mol. The molecule has 2 aromatic carbocycles. The molecule has 2 aromatic rings. The zero-order valence-corrected chi connectivity index (χ0v) is 11.9. The molecule has 1 aliphatic rings. The van der Waals surface area contributed by atoms with Crippen LogP contribution in [0, 0.1) is 0 Å². The number of ether oxygens (including phenoxy) is 2. The van der Waals surface area contributed by atoms with Crippen LogP contribution in [0.5, 0.6) is 23.0 Å². The minimum Gasteiger partial charge on any atom is -0.508 e. The fraction of sp³-hybridized carbons (Fsp3) is 0.250. The van der Waals surface area contributed by atoms with Crippen LogP contribution in [0.1, 0.15) is 11.1 Å². The highest BCUT2D eigenvalue weighted by molar-refractivity contribution is 5.52. The lowest BCUT2D eigenvalue weighted by Gasteiger charge is -2.38. The number of aromatic hydroxyl groups is 2. The van der Waals surface area contributed by atoms with Crippen LogP contribution >= 0.6 is 0 Å². The van der Waals surface area contributed by atoms with Crippen molar-refractivity contribution in [2.75, 3.05) is 7.11 Å². The SMILES string of the molecule is COc1ccc(C2(O)Oc3cc(O)cc(O)c3CC2O)cc1. The van der Waals surface area contributed by atoms with Crippen molar-refractivity contribution in [2.24, 2.45) is 0 Å². The van der Waals surface area contributed by atoms with Gasteiger partial charge < -0.3 is 29.9 Å². The molecule has 0 amide bonds. The van der Waals surface area contributed by atoms with Crippen molar-refractivity contribution in [3.8, 4) is 23.0 Å². The molecule has 6 heteroatoms. The topological polar surface area (TPSA) is 99.4 Å². The third-order valence-corrected chi connectivity index (χ3v) is 3.79. The number of benzene rings is 2. The maximum Gasteiger partial charge on any atom is 0.261 e. The highest BCUT2D eigenvalue weighted by Gasteiger charge is 2.45. The monoisotopic (exact) mass is 304 g/mol. The Morgan fingerprint density at radius 1 is 1.18 bits per heavy atom. The van der Waals surface area contributed by atoms with E-state index in [0.717, 1.165) is 6.07 Å². The van der Waals surface area contributed by atoms with Gasteiger partial charge in [-0.05, 0) is 24.3 Å². The Balaban J connectivity index is 2.03. The fourth-order valence-corrected chi connectivity index (χ4v) is 2.56.